The van der Waals surface area contributed by atoms with Gasteiger partial charge in [-0.3, -0.25) is 0 Å². The number of furan rings is 1. The number of alkyl halides is 1. The molecular formula is C10H11Br2ClO. The molecule has 1 aromatic heterocycles. The molecular weight excluding hydrogens is 331 g/mol. The van der Waals surface area contributed by atoms with Crippen molar-refractivity contribution in [3.05, 3.63) is 26.5 Å². The Morgan fingerprint density at radius 2 is 2.21 bits per heavy atom. The van der Waals surface area contributed by atoms with Crippen LogP contribution in [-0.4, -0.2) is 5.88 Å². The minimum atomic E-state index is 0.440. The highest BCUT2D eigenvalue weighted by Crippen LogP contribution is 2.28. The lowest BCUT2D eigenvalue weighted by Crippen LogP contribution is -1.94. The van der Waals surface area contributed by atoms with Gasteiger partial charge >= 0.3 is 0 Å². The first-order valence-electron chi connectivity index (χ1n) is 4.26. The predicted molar refractivity (Wildman–Crippen MR) is 67.6 cm³/mol. The summed E-state index contributed by atoms with van der Waals surface area (Å²) in [7, 11) is 0. The summed E-state index contributed by atoms with van der Waals surface area (Å²) in [6.07, 6.45) is 1.98. The molecule has 0 saturated carbocycles. The summed E-state index contributed by atoms with van der Waals surface area (Å²) < 4.78 is 7.06. The second-order valence-corrected chi connectivity index (χ2v) is 5.12. The lowest BCUT2D eigenvalue weighted by Gasteiger charge is -2.05. The molecule has 1 rings (SSSR count). The average molecular weight is 342 g/mol. The molecule has 0 fully saturated rings. The van der Waals surface area contributed by atoms with Crippen LogP contribution in [0.4, 0.5) is 0 Å². The van der Waals surface area contributed by atoms with Gasteiger partial charge < -0.3 is 4.42 Å². The van der Waals surface area contributed by atoms with Gasteiger partial charge in [0.25, 0.3) is 0 Å². The Kier molecular flexibility index (Phi) is 4.74. The maximum absolute atomic E-state index is 5.83. The van der Waals surface area contributed by atoms with E-state index in [4.69, 9.17) is 16.0 Å². The van der Waals surface area contributed by atoms with Crippen molar-refractivity contribution in [1.82, 2.24) is 0 Å². The highest BCUT2D eigenvalue weighted by molar-refractivity contribution is 9.13. The van der Waals surface area contributed by atoms with Gasteiger partial charge in [-0.2, -0.15) is 0 Å². The van der Waals surface area contributed by atoms with E-state index in [9.17, 15) is 0 Å². The Morgan fingerprint density at radius 3 is 2.57 bits per heavy atom. The number of halogens is 3. The fraction of sp³-hybridized carbons (Fsp3) is 0.400. The van der Waals surface area contributed by atoms with Crippen LogP contribution in [0, 0.1) is 5.92 Å². The largest absolute Gasteiger partial charge is 0.449 e. The predicted octanol–water partition coefficient (Wildman–Crippen LogP) is 5.08. The van der Waals surface area contributed by atoms with Gasteiger partial charge in [0.05, 0.1) is 4.47 Å². The zero-order valence-corrected chi connectivity index (χ0v) is 11.9. The molecule has 0 N–H and O–H groups in total. The minimum Gasteiger partial charge on any atom is -0.449 e. The van der Waals surface area contributed by atoms with Gasteiger partial charge in [-0.1, -0.05) is 13.8 Å². The Balaban J connectivity index is 2.94. The van der Waals surface area contributed by atoms with E-state index in [0.29, 0.717) is 16.5 Å². The van der Waals surface area contributed by atoms with E-state index >= 15 is 0 Å². The maximum atomic E-state index is 5.83. The van der Waals surface area contributed by atoms with Crippen LogP contribution in [0.3, 0.4) is 0 Å². The van der Waals surface area contributed by atoms with Crippen LogP contribution in [0.15, 0.2) is 25.2 Å². The van der Waals surface area contributed by atoms with Crippen LogP contribution in [-0.2, 0) is 0 Å². The first-order chi connectivity index (χ1) is 6.54. The fourth-order valence-electron chi connectivity index (χ4n) is 0.977. The second kappa shape index (κ2) is 5.38. The van der Waals surface area contributed by atoms with Crippen LogP contribution in [0.25, 0.3) is 6.08 Å². The van der Waals surface area contributed by atoms with E-state index in [-0.39, 0.29) is 0 Å². The van der Waals surface area contributed by atoms with E-state index in [1.165, 1.54) is 5.57 Å². The van der Waals surface area contributed by atoms with Gasteiger partial charge in [0.15, 0.2) is 4.67 Å². The molecule has 0 aromatic carbocycles. The zero-order valence-electron chi connectivity index (χ0n) is 7.98. The van der Waals surface area contributed by atoms with Crippen molar-refractivity contribution in [2.24, 2.45) is 5.92 Å². The van der Waals surface area contributed by atoms with Crippen molar-refractivity contribution in [1.29, 1.82) is 0 Å². The summed E-state index contributed by atoms with van der Waals surface area (Å²) in [6.45, 7) is 4.22. The van der Waals surface area contributed by atoms with Crippen LogP contribution in [0.2, 0.25) is 0 Å². The zero-order chi connectivity index (χ0) is 10.7. The fourth-order valence-corrected chi connectivity index (χ4v) is 1.97. The molecule has 0 radical (unpaired) electrons. The first-order valence-corrected chi connectivity index (χ1v) is 6.38. The smallest absolute Gasteiger partial charge is 0.184 e. The van der Waals surface area contributed by atoms with Crippen molar-refractivity contribution in [2.75, 3.05) is 5.88 Å². The van der Waals surface area contributed by atoms with Crippen molar-refractivity contribution < 1.29 is 4.42 Å². The van der Waals surface area contributed by atoms with Crippen molar-refractivity contribution in [3.8, 4) is 0 Å². The lowest BCUT2D eigenvalue weighted by molar-refractivity contribution is 0.528. The van der Waals surface area contributed by atoms with Crippen LogP contribution in [0.1, 0.15) is 19.6 Å². The van der Waals surface area contributed by atoms with Crippen LogP contribution >= 0.6 is 43.5 Å². The summed E-state index contributed by atoms with van der Waals surface area (Å²) in [5.74, 6) is 1.79. The SMILES string of the molecule is CC(C)C(=Cc1cc(Br)c(Br)o1)CCl. The van der Waals surface area contributed by atoms with Crippen molar-refractivity contribution in [2.45, 2.75) is 13.8 Å². The molecule has 0 spiro atoms. The molecule has 0 unspecified atom stereocenters. The Hall–Kier alpha value is 0.270. The van der Waals surface area contributed by atoms with Gasteiger partial charge in [-0.15, -0.1) is 11.6 Å². The summed E-state index contributed by atoms with van der Waals surface area (Å²) in [4.78, 5) is 0. The van der Waals surface area contributed by atoms with Gasteiger partial charge in [0.2, 0.25) is 0 Å². The van der Waals surface area contributed by atoms with Gasteiger partial charge in [-0.05, 0) is 55.5 Å². The van der Waals surface area contributed by atoms with Gasteiger partial charge in [-0.25, -0.2) is 0 Å². The number of rotatable bonds is 3. The third-order valence-corrected chi connectivity index (χ3v) is 3.91. The van der Waals surface area contributed by atoms with E-state index in [0.717, 1.165) is 10.2 Å². The molecule has 0 aliphatic heterocycles. The molecule has 1 aromatic rings. The summed E-state index contributed by atoms with van der Waals surface area (Å²) in [6, 6.07) is 1.92. The highest BCUT2D eigenvalue weighted by Gasteiger charge is 2.07. The Bertz CT molecular complexity index is 322. The molecule has 1 heterocycles. The number of hydrogen-bond acceptors (Lipinski definition) is 1. The molecule has 0 saturated heterocycles. The highest BCUT2D eigenvalue weighted by atomic mass is 79.9. The monoisotopic (exact) mass is 340 g/mol. The van der Waals surface area contributed by atoms with Crippen molar-refractivity contribution in [3.63, 3.8) is 0 Å². The van der Waals surface area contributed by atoms with E-state index in [1.54, 1.807) is 0 Å². The van der Waals surface area contributed by atoms with E-state index in [1.807, 2.05) is 12.1 Å². The molecule has 0 atom stereocenters. The molecule has 4 heteroatoms. The third kappa shape index (κ3) is 3.14. The molecule has 0 aliphatic rings. The van der Waals surface area contributed by atoms with Gasteiger partial charge in [0.1, 0.15) is 5.76 Å². The van der Waals surface area contributed by atoms with Crippen LogP contribution < -0.4 is 0 Å². The normalized spacial score (nSPS) is 12.6. The minimum absolute atomic E-state index is 0.440. The Morgan fingerprint density at radius 1 is 1.57 bits per heavy atom. The summed E-state index contributed by atoms with van der Waals surface area (Å²) in [5.41, 5.74) is 1.17. The average Bonchev–Trinajstić information content (AvgIpc) is 2.41. The topological polar surface area (TPSA) is 13.1 Å². The summed E-state index contributed by atoms with van der Waals surface area (Å²) >= 11 is 12.5. The quantitative estimate of drug-likeness (QED) is 0.698. The first kappa shape index (κ1) is 12.3. The lowest BCUT2D eigenvalue weighted by atomic mass is 10.0. The van der Waals surface area contributed by atoms with Gasteiger partial charge in [0, 0.05) is 5.88 Å². The molecule has 0 aliphatic carbocycles. The maximum Gasteiger partial charge on any atom is 0.184 e. The number of hydrogen-bond donors (Lipinski definition) is 0. The molecule has 1 nitrogen and oxygen atoms in total. The number of allylic oxidation sites excluding steroid dienone is 1. The van der Waals surface area contributed by atoms with E-state index in [2.05, 4.69) is 45.7 Å². The molecule has 14 heavy (non-hydrogen) atoms. The van der Waals surface area contributed by atoms with E-state index < -0.39 is 0 Å². The Labute approximate surface area is 106 Å². The molecule has 0 amide bonds. The molecule has 0 bridgehead atoms. The van der Waals surface area contributed by atoms with Crippen molar-refractivity contribution >= 4 is 49.5 Å². The standard InChI is InChI=1S/C10H11Br2ClO/c1-6(2)7(5-13)3-8-4-9(11)10(12)14-8/h3-4,6H,5H2,1-2H3. The second-order valence-electron chi connectivity index (χ2n) is 3.28. The third-order valence-electron chi connectivity index (χ3n) is 1.89. The molecule has 78 valence electrons. The van der Waals surface area contributed by atoms with Crippen LogP contribution in [0.5, 0.6) is 0 Å². The summed E-state index contributed by atoms with van der Waals surface area (Å²) in [5, 5.41) is 0.